The summed E-state index contributed by atoms with van der Waals surface area (Å²) in [5, 5.41) is 18.1. The van der Waals surface area contributed by atoms with E-state index in [1.807, 2.05) is 36.4 Å². The summed E-state index contributed by atoms with van der Waals surface area (Å²) in [7, 11) is 2.97. The summed E-state index contributed by atoms with van der Waals surface area (Å²) in [6.07, 6.45) is 0.751. The van der Waals surface area contributed by atoms with Gasteiger partial charge in [0.1, 0.15) is 11.5 Å². The van der Waals surface area contributed by atoms with Crippen LogP contribution < -0.4 is 20.1 Å². The van der Waals surface area contributed by atoms with E-state index in [0.29, 0.717) is 47.2 Å². The SMILES string of the molecule is COc1cc(NC(=O)c2ccccc2)c(OC)cc1NC(=O)CCCn1nnc(-c2ccccc2)n1. The van der Waals surface area contributed by atoms with E-state index in [1.54, 1.807) is 36.4 Å². The lowest BCUT2D eigenvalue weighted by Gasteiger charge is -2.16. The molecular weight excluding hydrogens is 460 g/mol. The zero-order valence-electron chi connectivity index (χ0n) is 20.0. The number of hydrogen-bond acceptors (Lipinski definition) is 7. The van der Waals surface area contributed by atoms with Crippen molar-refractivity contribution in [2.45, 2.75) is 19.4 Å². The fraction of sp³-hybridized carbons (Fsp3) is 0.192. The first-order valence-electron chi connectivity index (χ1n) is 11.3. The van der Waals surface area contributed by atoms with Crippen LogP contribution in [0.1, 0.15) is 23.2 Å². The predicted octanol–water partition coefficient (Wildman–Crippen LogP) is 4.03. The number of carbonyl (C=O) groups excluding carboxylic acids is 2. The number of carbonyl (C=O) groups is 2. The predicted molar refractivity (Wildman–Crippen MR) is 135 cm³/mol. The number of aryl methyl sites for hydroxylation is 1. The zero-order valence-corrected chi connectivity index (χ0v) is 20.0. The van der Waals surface area contributed by atoms with Gasteiger partial charge in [-0.25, -0.2) is 0 Å². The summed E-state index contributed by atoms with van der Waals surface area (Å²) in [6, 6.07) is 21.6. The Hall–Kier alpha value is -4.73. The fourth-order valence-electron chi connectivity index (χ4n) is 3.51. The molecule has 0 fully saturated rings. The van der Waals surface area contributed by atoms with Gasteiger partial charge in [0.25, 0.3) is 5.91 Å². The van der Waals surface area contributed by atoms with Gasteiger partial charge in [-0.05, 0) is 23.8 Å². The smallest absolute Gasteiger partial charge is 0.255 e. The summed E-state index contributed by atoms with van der Waals surface area (Å²) in [5.41, 5.74) is 2.24. The van der Waals surface area contributed by atoms with E-state index in [1.165, 1.54) is 19.0 Å². The van der Waals surface area contributed by atoms with Gasteiger partial charge in [0.2, 0.25) is 11.7 Å². The molecule has 0 radical (unpaired) electrons. The molecule has 36 heavy (non-hydrogen) atoms. The molecule has 4 aromatic rings. The van der Waals surface area contributed by atoms with Crippen LogP contribution in [0.15, 0.2) is 72.8 Å². The molecule has 0 saturated heterocycles. The molecule has 0 unspecified atom stereocenters. The molecule has 0 spiro atoms. The Kier molecular flexibility index (Phi) is 7.87. The van der Waals surface area contributed by atoms with Crippen molar-refractivity contribution in [2.24, 2.45) is 0 Å². The fourth-order valence-corrected chi connectivity index (χ4v) is 3.51. The number of rotatable bonds is 10. The van der Waals surface area contributed by atoms with Gasteiger partial charge in [-0.15, -0.1) is 10.2 Å². The van der Waals surface area contributed by atoms with E-state index >= 15 is 0 Å². The molecule has 184 valence electrons. The number of ether oxygens (including phenoxy) is 2. The van der Waals surface area contributed by atoms with Gasteiger partial charge >= 0.3 is 0 Å². The number of benzene rings is 3. The molecule has 3 aromatic carbocycles. The standard InChI is InChI=1S/C26H26N6O4/c1-35-22-17-21(28-26(34)19-12-7-4-8-13-19)23(36-2)16-20(22)27-24(33)14-9-15-32-30-25(29-31-32)18-10-5-3-6-11-18/h3-8,10-13,16-17H,9,14-15H2,1-2H3,(H,27,33)(H,28,34). The lowest BCUT2D eigenvalue weighted by Crippen LogP contribution is -2.15. The van der Waals surface area contributed by atoms with Crippen LogP contribution >= 0.6 is 0 Å². The van der Waals surface area contributed by atoms with Crippen molar-refractivity contribution in [3.8, 4) is 22.9 Å². The van der Waals surface area contributed by atoms with E-state index < -0.39 is 0 Å². The molecular formula is C26H26N6O4. The normalized spacial score (nSPS) is 10.5. The molecule has 2 amide bonds. The Labute approximate surface area is 208 Å². The number of tetrazole rings is 1. The first-order valence-corrected chi connectivity index (χ1v) is 11.3. The second kappa shape index (κ2) is 11.6. The third-order valence-electron chi connectivity index (χ3n) is 5.33. The monoisotopic (exact) mass is 486 g/mol. The van der Waals surface area contributed by atoms with Crippen molar-refractivity contribution in [1.29, 1.82) is 0 Å². The maximum absolute atomic E-state index is 12.6. The van der Waals surface area contributed by atoms with E-state index in [0.717, 1.165) is 5.56 Å². The first kappa shape index (κ1) is 24.4. The average Bonchev–Trinajstić information content (AvgIpc) is 3.39. The lowest BCUT2D eigenvalue weighted by molar-refractivity contribution is -0.116. The van der Waals surface area contributed by atoms with Crippen LogP contribution in [-0.2, 0) is 11.3 Å². The van der Waals surface area contributed by atoms with Gasteiger partial charge in [-0.3, -0.25) is 9.59 Å². The van der Waals surface area contributed by atoms with Crippen LogP contribution in [0.5, 0.6) is 11.5 Å². The van der Waals surface area contributed by atoms with Crippen molar-refractivity contribution < 1.29 is 19.1 Å². The van der Waals surface area contributed by atoms with Crippen molar-refractivity contribution in [3.63, 3.8) is 0 Å². The number of hydrogen-bond donors (Lipinski definition) is 2. The number of anilines is 2. The van der Waals surface area contributed by atoms with Gasteiger partial charge in [0, 0.05) is 29.7 Å². The largest absolute Gasteiger partial charge is 0.494 e. The molecule has 0 atom stereocenters. The maximum Gasteiger partial charge on any atom is 0.255 e. The lowest BCUT2D eigenvalue weighted by atomic mass is 10.2. The van der Waals surface area contributed by atoms with Crippen molar-refractivity contribution in [2.75, 3.05) is 24.9 Å². The van der Waals surface area contributed by atoms with Crippen molar-refractivity contribution in [3.05, 3.63) is 78.4 Å². The summed E-state index contributed by atoms with van der Waals surface area (Å²) in [4.78, 5) is 26.6. The van der Waals surface area contributed by atoms with Gasteiger partial charge in [0.15, 0.2) is 0 Å². The number of methoxy groups -OCH3 is 2. The van der Waals surface area contributed by atoms with Crippen LogP contribution in [0.3, 0.4) is 0 Å². The summed E-state index contributed by atoms with van der Waals surface area (Å²) < 4.78 is 10.9. The molecule has 1 aromatic heterocycles. The minimum Gasteiger partial charge on any atom is -0.494 e. The topological polar surface area (TPSA) is 120 Å². The molecule has 10 nitrogen and oxygen atoms in total. The van der Waals surface area contributed by atoms with Gasteiger partial charge < -0.3 is 20.1 Å². The third kappa shape index (κ3) is 6.03. The summed E-state index contributed by atoms with van der Waals surface area (Å²) >= 11 is 0. The first-order chi connectivity index (χ1) is 17.6. The van der Waals surface area contributed by atoms with E-state index in [9.17, 15) is 9.59 Å². The number of nitrogens with one attached hydrogen (secondary N) is 2. The molecule has 4 rings (SSSR count). The maximum atomic E-state index is 12.6. The molecule has 10 heteroatoms. The van der Waals surface area contributed by atoms with Crippen LogP contribution in [0.2, 0.25) is 0 Å². The molecule has 1 heterocycles. The quantitative estimate of drug-likeness (QED) is 0.347. The minimum atomic E-state index is -0.287. The molecule has 2 N–H and O–H groups in total. The van der Waals surface area contributed by atoms with Crippen molar-refractivity contribution >= 4 is 23.2 Å². The molecule has 0 aliphatic carbocycles. The highest BCUT2D eigenvalue weighted by molar-refractivity contribution is 6.05. The Bertz CT molecular complexity index is 1330. The van der Waals surface area contributed by atoms with Gasteiger partial charge in [-0.1, -0.05) is 48.5 Å². The summed E-state index contributed by atoms with van der Waals surface area (Å²) in [6.45, 7) is 0.443. The molecule has 0 aliphatic heterocycles. The molecule has 0 bridgehead atoms. The third-order valence-corrected chi connectivity index (χ3v) is 5.33. The Morgan fingerprint density at radius 3 is 2.11 bits per heavy atom. The second-order valence-corrected chi connectivity index (χ2v) is 7.80. The van der Waals surface area contributed by atoms with Crippen LogP contribution in [0.25, 0.3) is 11.4 Å². The highest BCUT2D eigenvalue weighted by atomic mass is 16.5. The number of nitrogens with zero attached hydrogens (tertiary/aromatic N) is 4. The zero-order chi connectivity index (χ0) is 25.3. The minimum absolute atomic E-state index is 0.208. The van der Waals surface area contributed by atoms with E-state index in [4.69, 9.17) is 9.47 Å². The van der Waals surface area contributed by atoms with Gasteiger partial charge in [-0.2, -0.15) is 4.80 Å². The van der Waals surface area contributed by atoms with E-state index in [-0.39, 0.29) is 18.2 Å². The highest BCUT2D eigenvalue weighted by Gasteiger charge is 2.16. The Balaban J connectivity index is 1.36. The van der Waals surface area contributed by atoms with Crippen molar-refractivity contribution in [1.82, 2.24) is 20.2 Å². The Morgan fingerprint density at radius 1 is 0.861 bits per heavy atom. The number of amides is 2. The van der Waals surface area contributed by atoms with Crippen LogP contribution in [0, 0.1) is 0 Å². The molecule has 0 aliphatic rings. The van der Waals surface area contributed by atoms with Gasteiger partial charge in [0.05, 0.1) is 32.1 Å². The second-order valence-electron chi connectivity index (χ2n) is 7.80. The average molecular weight is 487 g/mol. The number of aromatic nitrogens is 4. The Morgan fingerprint density at radius 2 is 1.47 bits per heavy atom. The highest BCUT2D eigenvalue weighted by Crippen LogP contribution is 2.36. The summed E-state index contributed by atoms with van der Waals surface area (Å²) in [5.74, 6) is 0.814. The van der Waals surface area contributed by atoms with E-state index in [2.05, 4.69) is 26.0 Å². The van der Waals surface area contributed by atoms with Crippen LogP contribution in [-0.4, -0.2) is 46.2 Å². The molecule has 0 saturated carbocycles. The van der Waals surface area contributed by atoms with Crippen LogP contribution in [0.4, 0.5) is 11.4 Å².